The topological polar surface area (TPSA) is 147 Å². The normalized spacial score (nSPS) is 11.2. The molecule has 0 aliphatic rings. The molecule has 0 amide bonds. The van der Waals surface area contributed by atoms with Gasteiger partial charge in [0.25, 0.3) is 0 Å². The van der Waals surface area contributed by atoms with Gasteiger partial charge in [-0.05, 0) is 42.5 Å². The minimum Gasteiger partial charge on any atom is -0.507 e. The Morgan fingerprint density at radius 1 is 0.737 bits per heavy atom. The number of aromatic hydroxyl groups is 3. The Morgan fingerprint density at radius 2 is 1.45 bits per heavy atom. The molecule has 0 radical (unpaired) electrons. The summed E-state index contributed by atoms with van der Waals surface area (Å²) in [6.45, 7) is 0. The van der Waals surface area contributed by atoms with Gasteiger partial charge in [0, 0.05) is 17.3 Å². The average molecular weight is 503 g/mol. The summed E-state index contributed by atoms with van der Waals surface area (Å²) < 4.78 is 5.87. The fourth-order valence-electron chi connectivity index (χ4n) is 4.25. The highest BCUT2D eigenvalue weighted by Gasteiger charge is 2.24. The number of hydrogen-bond acceptors (Lipinski definition) is 9. The van der Waals surface area contributed by atoms with Crippen molar-refractivity contribution in [3.05, 3.63) is 106 Å². The van der Waals surface area contributed by atoms with Gasteiger partial charge in [0.05, 0.1) is 22.2 Å². The zero-order valence-electron chi connectivity index (χ0n) is 19.5. The van der Waals surface area contributed by atoms with Crippen LogP contribution >= 0.6 is 0 Å². The third-order valence-corrected chi connectivity index (χ3v) is 6.13. The number of carbonyl (C=O) groups is 1. The van der Waals surface area contributed by atoms with E-state index in [0.717, 1.165) is 0 Å². The summed E-state index contributed by atoms with van der Waals surface area (Å²) in [5.41, 5.74) is 0.333. The van der Waals surface area contributed by atoms with Crippen LogP contribution in [0.5, 0.6) is 17.4 Å². The molecule has 0 bridgehead atoms. The second-order valence-electron chi connectivity index (χ2n) is 8.46. The maximum absolute atomic E-state index is 13.3. The lowest BCUT2D eigenvalue weighted by Gasteiger charge is -2.13. The number of fused-ring (bicyclic) bond motifs is 2. The minimum absolute atomic E-state index is 0.0172. The van der Waals surface area contributed by atoms with Crippen molar-refractivity contribution in [2.75, 3.05) is 0 Å². The van der Waals surface area contributed by atoms with E-state index in [-0.39, 0.29) is 61.8 Å². The van der Waals surface area contributed by atoms with Crippen LogP contribution in [-0.2, 0) is 0 Å². The first-order valence-corrected chi connectivity index (χ1v) is 11.5. The van der Waals surface area contributed by atoms with Crippen LogP contribution in [0.25, 0.3) is 44.7 Å². The van der Waals surface area contributed by atoms with Gasteiger partial charge in [-0.15, -0.1) is 0 Å². The monoisotopic (exact) mass is 503 g/mol. The molecule has 3 heterocycles. The van der Waals surface area contributed by atoms with Crippen LogP contribution in [0.3, 0.4) is 0 Å². The molecule has 38 heavy (non-hydrogen) atoms. The number of phenols is 2. The van der Waals surface area contributed by atoms with Gasteiger partial charge in [-0.25, -0.2) is 9.97 Å². The van der Waals surface area contributed by atoms with Gasteiger partial charge >= 0.3 is 0 Å². The molecule has 184 valence electrons. The predicted octanol–water partition coefficient (Wildman–Crippen LogP) is 4.81. The van der Waals surface area contributed by atoms with Crippen molar-refractivity contribution >= 4 is 27.9 Å². The van der Waals surface area contributed by atoms with Gasteiger partial charge in [-0.2, -0.15) is 4.98 Å². The van der Waals surface area contributed by atoms with Gasteiger partial charge in [0.2, 0.25) is 22.8 Å². The standard InChI is InChI=1S/C29H17N3O6/c33-21-10-4-1-7-15(21)24-18(13-19(28(37)31-24)25(35)16-8-2-5-11-22(16)34)27-30-14-20-26(36)17-9-3-6-12-23(17)38-29(20)32-27/h1-14,33-34H,(H,31,37). The van der Waals surface area contributed by atoms with E-state index in [0.29, 0.717) is 11.0 Å². The molecule has 0 saturated heterocycles. The molecule has 3 N–H and O–H groups in total. The molecule has 9 nitrogen and oxygen atoms in total. The van der Waals surface area contributed by atoms with Crippen LogP contribution in [0.4, 0.5) is 0 Å². The van der Waals surface area contributed by atoms with E-state index >= 15 is 0 Å². The molecule has 0 unspecified atom stereocenters. The third kappa shape index (κ3) is 3.70. The number of aromatic nitrogens is 3. The summed E-state index contributed by atoms with van der Waals surface area (Å²) in [5, 5.41) is 32.0. The van der Waals surface area contributed by atoms with E-state index in [4.69, 9.17) is 4.42 Å². The molecule has 0 aliphatic carbocycles. The van der Waals surface area contributed by atoms with Crippen LogP contribution in [0.15, 0.2) is 94.3 Å². The van der Waals surface area contributed by atoms with Gasteiger partial charge in [-0.3, -0.25) is 9.59 Å². The van der Waals surface area contributed by atoms with Crippen LogP contribution in [0.1, 0.15) is 15.9 Å². The molecule has 3 aromatic carbocycles. The van der Waals surface area contributed by atoms with E-state index in [9.17, 15) is 24.9 Å². The smallest absolute Gasteiger partial charge is 0.234 e. The van der Waals surface area contributed by atoms with Gasteiger partial charge in [-0.1, -0.05) is 36.4 Å². The van der Waals surface area contributed by atoms with Crippen molar-refractivity contribution in [1.82, 2.24) is 15.0 Å². The molecule has 0 spiro atoms. The lowest BCUT2D eigenvalue weighted by Crippen LogP contribution is -2.07. The second-order valence-corrected chi connectivity index (χ2v) is 8.46. The Morgan fingerprint density at radius 3 is 2.24 bits per heavy atom. The first kappa shape index (κ1) is 22.9. The van der Waals surface area contributed by atoms with Crippen molar-refractivity contribution in [2.45, 2.75) is 0 Å². The summed E-state index contributed by atoms with van der Waals surface area (Å²) in [6, 6.07) is 20.3. The molecule has 9 heteroatoms. The highest BCUT2D eigenvalue weighted by Crippen LogP contribution is 2.38. The minimum atomic E-state index is -0.684. The highest BCUT2D eigenvalue weighted by molar-refractivity contribution is 6.12. The summed E-state index contributed by atoms with van der Waals surface area (Å²) in [7, 11) is 0. The lowest BCUT2D eigenvalue weighted by molar-refractivity contribution is 0.103. The van der Waals surface area contributed by atoms with Crippen LogP contribution in [-0.4, -0.2) is 36.1 Å². The number of benzene rings is 3. The van der Waals surface area contributed by atoms with E-state index < -0.39 is 11.7 Å². The number of rotatable bonds is 4. The van der Waals surface area contributed by atoms with Crippen molar-refractivity contribution in [2.24, 2.45) is 0 Å². The summed E-state index contributed by atoms with van der Waals surface area (Å²) in [6.07, 6.45) is 1.32. The van der Waals surface area contributed by atoms with Gasteiger partial charge < -0.3 is 19.7 Å². The Hall–Kier alpha value is -5.57. The fraction of sp³-hybridized carbons (Fsp3) is 0. The molecule has 0 aliphatic heterocycles. The third-order valence-electron chi connectivity index (χ3n) is 6.13. The highest BCUT2D eigenvalue weighted by atomic mass is 16.3. The number of ketones is 1. The molecular formula is C29H17N3O6. The van der Waals surface area contributed by atoms with Crippen molar-refractivity contribution in [1.29, 1.82) is 0 Å². The quantitative estimate of drug-likeness (QED) is 0.228. The fourth-order valence-corrected chi connectivity index (χ4v) is 4.25. The van der Waals surface area contributed by atoms with Crippen LogP contribution in [0, 0.1) is 0 Å². The maximum Gasteiger partial charge on any atom is 0.234 e. The number of pyridine rings is 1. The predicted molar refractivity (Wildman–Crippen MR) is 139 cm³/mol. The summed E-state index contributed by atoms with van der Waals surface area (Å²) in [4.78, 5) is 39.3. The summed E-state index contributed by atoms with van der Waals surface area (Å²) >= 11 is 0. The zero-order valence-corrected chi connectivity index (χ0v) is 19.5. The molecular weight excluding hydrogens is 486 g/mol. The molecule has 0 fully saturated rings. The van der Waals surface area contributed by atoms with E-state index in [2.05, 4.69) is 15.0 Å². The van der Waals surface area contributed by atoms with Crippen molar-refractivity contribution < 1.29 is 24.5 Å². The molecule has 0 saturated carbocycles. The number of carbonyl (C=O) groups excluding carboxylic acids is 1. The number of phenolic OH excluding ortho intramolecular Hbond substituents is 2. The van der Waals surface area contributed by atoms with Crippen LogP contribution < -0.4 is 5.43 Å². The first-order chi connectivity index (χ1) is 18.4. The van der Waals surface area contributed by atoms with Gasteiger partial charge in [0.1, 0.15) is 22.5 Å². The lowest BCUT2D eigenvalue weighted by atomic mass is 9.98. The zero-order chi connectivity index (χ0) is 26.4. The number of nitrogens with zero attached hydrogens (tertiary/aromatic N) is 3. The SMILES string of the molecule is O=C(c1ccccc1O)c1cc(-c2ncc3c(=O)c4ccccc4oc3n2)c(-c2ccccc2O)nc1O. The number of para-hydroxylation sites is 3. The summed E-state index contributed by atoms with van der Waals surface area (Å²) in [5.74, 6) is -1.65. The van der Waals surface area contributed by atoms with E-state index in [1.165, 1.54) is 30.5 Å². The maximum atomic E-state index is 13.3. The van der Waals surface area contributed by atoms with Gasteiger partial charge in [0.15, 0.2) is 5.82 Å². The Labute approximate surface area is 214 Å². The van der Waals surface area contributed by atoms with E-state index in [1.807, 2.05) is 0 Å². The van der Waals surface area contributed by atoms with E-state index in [1.54, 1.807) is 54.6 Å². The first-order valence-electron chi connectivity index (χ1n) is 11.5. The largest absolute Gasteiger partial charge is 0.507 e. The second kappa shape index (κ2) is 8.82. The molecule has 6 rings (SSSR count). The molecule has 3 aromatic heterocycles. The molecule has 6 aromatic rings. The van der Waals surface area contributed by atoms with Crippen molar-refractivity contribution in [3.63, 3.8) is 0 Å². The number of hydrogen-bond donors (Lipinski definition) is 3. The average Bonchev–Trinajstić information content (AvgIpc) is 2.93. The Bertz CT molecular complexity index is 1970. The Balaban J connectivity index is 1.62. The van der Waals surface area contributed by atoms with Crippen molar-refractivity contribution in [3.8, 4) is 40.0 Å². The van der Waals surface area contributed by atoms with Crippen LogP contribution in [0.2, 0.25) is 0 Å². The Kier molecular flexibility index (Phi) is 5.31. The molecule has 0 atom stereocenters.